The van der Waals surface area contributed by atoms with Crippen molar-refractivity contribution in [1.82, 2.24) is 0 Å². The normalized spacial score (nSPS) is 28.7. The summed E-state index contributed by atoms with van der Waals surface area (Å²) in [6.45, 7) is 12.6. The Labute approximate surface area is 513 Å². The number of hydrogen-bond donors (Lipinski definition) is 15. The minimum Gasteiger partial charge on any atom is -0.504 e. The lowest BCUT2D eigenvalue weighted by molar-refractivity contribution is -0.255. The SMILES string of the molecule is CC1(C)C[C@H]2C3=CCC4[C@@]5(C)CC[C@H](OC(=O)c6cc(O)c(O)c(O)c6)C(C)(C)C5CC[C@@]4(C)[C@]3(C)C[C@H](OC(=O)c3cc(O)c(O)c(O)c3)[C@@]2(COC(=O)c2cc(O)c(O)c(O)c2)[C@@H](OC(=O)c2cc(O)c(O)c(O)c2)C1OC(=O)c1cc(O)c(O)c(O)c1. The van der Waals surface area contributed by atoms with Gasteiger partial charge in [-0.15, -0.1) is 0 Å². The summed E-state index contributed by atoms with van der Waals surface area (Å²) in [5, 5.41) is 157. The quantitative estimate of drug-likeness (QED) is 0.0254. The largest absolute Gasteiger partial charge is 0.504 e. The fourth-order valence-electron chi connectivity index (χ4n) is 16.2. The molecule has 5 aliphatic rings. The Kier molecular flexibility index (Phi) is 15.3. The molecular formula is C65H70O25. The zero-order valence-electron chi connectivity index (χ0n) is 49.8. The number of aromatic hydroxyl groups is 15. The van der Waals surface area contributed by atoms with Crippen LogP contribution in [-0.2, 0) is 23.7 Å². The van der Waals surface area contributed by atoms with Gasteiger partial charge in [0.05, 0.1) is 33.2 Å². The van der Waals surface area contributed by atoms with Crippen LogP contribution in [-0.4, -0.2) is 137 Å². The maximum absolute atomic E-state index is 15.2. The van der Waals surface area contributed by atoms with Crippen molar-refractivity contribution in [3.63, 3.8) is 0 Å². The van der Waals surface area contributed by atoms with E-state index in [1.807, 2.05) is 26.8 Å². The van der Waals surface area contributed by atoms with Gasteiger partial charge in [-0.1, -0.05) is 60.1 Å². The van der Waals surface area contributed by atoms with Crippen LogP contribution in [0.3, 0.4) is 0 Å². The summed E-state index contributed by atoms with van der Waals surface area (Å²) in [6.07, 6.45) is -2.49. The van der Waals surface area contributed by atoms with Gasteiger partial charge in [0.25, 0.3) is 0 Å². The zero-order chi connectivity index (χ0) is 66.0. The number of benzene rings is 5. The maximum Gasteiger partial charge on any atom is 0.338 e. The van der Waals surface area contributed by atoms with E-state index in [9.17, 15) is 91.0 Å². The highest BCUT2D eigenvalue weighted by Crippen LogP contribution is 2.77. The first-order chi connectivity index (χ1) is 41.9. The van der Waals surface area contributed by atoms with E-state index in [0.717, 1.165) is 60.7 Å². The number of phenols is 15. The van der Waals surface area contributed by atoms with E-state index in [2.05, 4.69) is 13.8 Å². The molecule has 0 amide bonds. The van der Waals surface area contributed by atoms with Crippen LogP contribution in [0.25, 0.3) is 0 Å². The summed E-state index contributed by atoms with van der Waals surface area (Å²) in [4.78, 5) is 73.4. The second-order valence-corrected chi connectivity index (χ2v) is 26.5. The van der Waals surface area contributed by atoms with E-state index in [-0.39, 0.29) is 30.2 Å². The summed E-state index contributed by atoms with van der Waals surface area (Å²) in [5.74, 6) is -21.6. The van der Waals surface area contributed by atoms with Gasteiger partial charge in [0.1, 0.15) is 24.9 Å². The third-order valence-electron chi connectivity index (χ3n) is 20.9. The van der Waals surface area contributed by atoms with Crippen molar-refractivity contribution >= 4 is 29.8 Å². The zero-order valence-corrected chi connectivity index (χ0v) is 49.8. The molecule has 25 nitrogen and oxygen atoms in total. The molecule has 0 saturated heterocycles. The Morgan fingerprint density at radius 1 is 0.422 bits per heavy atom. The highest BCUT2D eigenvalue weighted by atomic mass is 16.6. The smallest absolute Gasteiger partial charge is 0.338 e. The molecule has 0 aliphatic heterocycles. The van der Waals surface area contributed by atoms with Crippen molar-refractivity contribution in [2.75, 3.05) is 6.61 Å². The number of carbonyl (C=O) groups excluding carboxylic acids is 5. The number of allylic oxidation sites excluding steroid dienone is 2. The molecular weight excluding hydrogens is 1180 g/mol. The van der Waals surface area contributed by atoms with Gasteiger partial charge in [-0.2, -0.15) is 0 Å². The van der Waals surface area contributed by atoms with Crippen LogP contribution >= 0.6 is 0 Å². The highest BCUT2D eigenvalue weighted by Gasteiger charge is 2.75. The minimum absolute atomic E-state index is 0.127. The van der Waals surface area contributed by atoms with Gasteiger partial charge in [-0.3, -0.25) is 0 Å². The summed E-state index contributed by atoms with van der Waals surface area (Å²) in [6, 6.07) is 8.16. The van der Waals surface area contributed by atoms with Crippen LogP contribution in [0.5, 0.6) is 86.2 Å². The Balaban J connectivity index is 1.17. The van der Waals surface area contributed by atoms with Gasteiger partial charge >= 0.3 is 29.8 Å². The molecule has 0 spiro atoms. The highest BCUT2D eigenvalue weighted by molar-refractivity contribution is 5.94. The fraction of sp³-hybridized carbons (Fsp3) is 0.431. The third kappa shape index (κ3) is 9.97. The van der Waals surface area contributed by atoms with Crippen LogP contribution in [0.4, 0.5) is 0 Å². The molecule has 25 heteroatoms. The first-order valence-corrected chi connectivity index (χ1v) is 28.9. The number of ether oxygens (including phenoxy) is 5. The number of phenolic OH excluding ortho intramolecular Hbond substituents is 15. The average molecular weight is 1250 g/mol. The molecule has 4 saturated carbocycles. The molecule has 0 aromatic heterocycles. The Bertz CT molecular complexity index is 3750. The molecule has 15 N–H and O–H groups in total. The monoisotopic (exact) mass is 1250 g/mol. The Morgan fingerprint density at radius 2 is 0.778 bits per heavy atom. The Hall–Kier alpha value is -9.81. The van der Waals surface area contributed by atoms with Crippen molar-refractivity contribution < 1.29 is 124 Å². The molecule has 10 rings (SSSR count). The van der Waals surface area contributed by atoms with E-state index in [1.54, 1.807) is 13.8 Å². The van der Waals surface area contributed by atoms with Gasteiger partial charge in [0, 0.05) is 10.8 Å². The standard InChI is InChI=1S/C65H70O25/c1-60(2)24-33-32-8-9-45-62(5)12-11-46(87-56(82)28-16-36(68)49(77)37(69)17-28)61(3,4)44(62)10-13-63(45,6)64(32,7)25-47(88-57(83)29-18-38(70)50(78)39(71)19-29)65(33,26-86-55(81)27-14-34(66)48(76)35(67)15-27)54(90-59(85)31-22-42(74)52(80)43(75)23-31)53(60)89-58(84)30-20-40(72)51(79)41(73)21-30/h8,14-23,33,44-47,53-54,66-80H,9-13,24-26H2,1-7H3/t33-,44?,45?,46-,47-,53?,54-,62-,63+,64+,65-/m0/s1. The average Bonchev–Trinajstić information content (AvgIpc) is 0.669. The van der Waals surface area contributed by atoms with Crippen LogP contribution in [0, 0.1) is 50.2 Å². The molecule has 0 heterocycles. The first-order valence-electron chi connectivity index (χ1n) is 28.9. The van der Waals surface area contributed by atoms with Crippen molar-refractivity contribution in [3.8, 4) is 86.2 Å². The molecule has 480 valence electrons. The minimum atomic E-state index is -2.26. The predicted molar refractivity (Wildman–Crippen MR) is 309 cm³/mol. The molecule has 11 atom stereocenters. The number of carbonyl (C=O) groups is 5. The predicted octanol–water partition coefficient (Wildman–Crippen LogP) is 8.96. The van der Waals surface area contributed by atoms with Crippen LogP contribution in [0.2, 0.25) is 0 Å². The van der Waals surface area contributed by atoms with Crippen molar-refractivity contribution in [2.45, 2.75) is 118 Å². The molecule has 0 radical (unpaired) electrons. The van der Waals surface area contributed by atoms with E-state index < -0.39 is 208 Å². The summed E-state index contributed by atoms with van der Waals surface area (Å²) < 4.78 is 32.1. The van der Waals surface area contributed by atoms with Crippen molar-refractivity contribution in [2.24, 2.45) is 50.2 Å². The number of rotatable bonds is 11. The molecule has 90 heavy (non-hydrogen) atoms. The lowest BCUT2D eigenvalue weighted by Gasteiger charge is -2.72. The van der Waals surface area contributed by atoms with Gasteiger partial charge in [0.2, 0.25) is 0 Å². The lowest BCUT2D eigenvalue weighted by Crippen LogP contribution is -2.73. The van der Waals surface area contributed by atoms with E-state index in [0.29, 0.717) is 37.7 Å². The van der Waals surface area contributed by atoms with E-state index >= 15 is 9.59 Å². The third-order valence-corrected chi connectivity index (χ3v) is 20.9. The second kappa shape index (κ2) is 21.8. The van der Waals surface area contributed by atoms with Crippen molar-refractivity contribution in [1.29, 1.82) is 0 Å². The number of esters is 5. The van der Waals surface area contributed by atoms with Gasteiger partial charge in [-0.05, 0) is 140 Å². The van der Waals surface area contributed by atoms with Crippen LogP contribution in [0.15, 0.2) is 72.3 Å². The maximum atomic E-state index is 15.2. The molecule has 5 aliphatic carbocycles. The van der Waals surface area contributed by atoms with E-state index in [1.165, 1.54) is 0 Å². The molecule has 5 aromatic rings. The first kappa shape index (κ1) is 63.2. The van der Waals surface area contributed by atoms with E-state index in [4.69, 9.17) is 23.7 Å². The summed E-state index contributed by atoms with van der Waals surface area (Å²) in [7, 11) is 0. The number of fused-ring (bicyclic) bond motifs is 7. The lowest BCUT2D eigenvalue weighted by atomic mass is 9.33. The Morgan fingerprint density at radius 3 is 1.18 bits per heavy atom. The molecule has 5 aromatic carbocycles. The fourth-order valence-corrected chi connectivity index (χ4v) is 16.2. The number of hydrogen-bond acceptors (Lipinski definition) is 25. The summed E-state index contributed by atoms with van der Waals surface area (Å²) in [5.41, 5.74) is -8.70. The molecule has 3 unspecified atom stereocenters. The van der Waals surface area contributed by atoms with Gasteiger partial charge < -0.3 is 100 Å². The molecule has 0 bridgehead atoms. The summed E-state index contributed by atoms with van der Waals surface area (Å²) >= 11 is 0. The van der Waals surface area contributed by atoms with Crippen molar-refractivity contribution in [3.05, 3.63) is 100 Å². The molecule has 4 fully saturated rings. The van der Waals surface area contributed by atoms with Crippen LogP contribution < -0.4 is 0 Å². The van der Waals surface area contributed by atoms with Crippen LogP contribution in [0.1, 0.15) is 145 Å². The topological polar surface area (TPSA) is 435 Å². The van der Waals surface area contributed by atoms with Gasteiger partial charge in [0.15, 0.2) is 92.3 Å². The second-order valence-electron chi connectivity index (χ2n) is 26.5. The van der Waals surface area contributed by atoms with Gasteiger partial charge in [-0.25, -0.2) is 24.0 Å².